The Labute approximate surface area is 145 Å². The van der Waals surface area contributed by atoms with Gasteiger partial charge in [-0.3, -0.25) is 0 Å². The van der Waals surface area contributed by atoms with Crippen molar-refractivity contribution < 1.29 is 0 Å². The lowest BCUT2D eigenvalue weighted by Crippen LogP contribution is -1.84. The van der Waals surface area contributed by atoms with Crippen LogP contribution in [0.25, 0.3) is 0 Å². The summed E-state index contributed by atoms with van der Waals surface area (Å²) in [6.07, 6.45) is 23.1. The quantitative estimate of drug-likeness (QED) is 0.168. The van der Waals surface area contributed by atoms with Gasteiger partial charge >= 0.3 is 0 Å². The van der Waals surface area contributed by atoms with Crippen LogP contribution in [0.3, 0.4) is 0 Å². The van der Waals surface area contributed by atoms with Crippen LogP contribution in [-0.2, 0) is 0 Å². The molecule has 20 heavy (non-hydrogen) atoms. The van der Waals surface area contributed by atoms with E-state index in [-0.39, 0.29) is 0 Å². The molecule has 0 saturated heterocycles. The van der Waals surface area contributed by atoms with E-state index in [2.05, 4.69) is 31.9 Å². The van der Waals surface area contributed by atoms with E-state index >= 15 is 0 Å². The molecule has 0 aromatic heterocycles. The largest absolute Gasteiger partial charge is 0.0928 e. The van der Waals surface area contributed by atoms with Gasteiger partial charge in [-0.15, -0.1) is 0 Å². The molecule has 0 aliphatic heterocycles. The van der Waals surface area contributed by atoms with E-state index in [9.17, 15) is 0 Å². The summed E-state index contributed by atoms with van der Waals surface area (Å²) >= 11 is 6.98. The SMILES string of the molecule is BrCCCCCCCCCCCCCCCCCCBr. The number of halogens is 2. The molecule has 0 aliphatic rings. The van der Waals surface area contributed by atoms with Crippen molar-refractivity contribution in [3.05, 3.63) is 0 Å². The second-order valence-electron chi connectivity index (χ2n) is 6.03. The van der Waals surface area contributed by atoms with Gasteiger partial charge in [-0.1, -0.05) is 122 Å². The zero-order chi connectivity index (χ0) is 14.7. The van der Waals surface area contributed by atoms with E-state index in [1.165, 1.54) is 113 Å². The fourth-order valence-electron chi connectivity index (χ4n) is 2.66. The number of hydrogen-bond acceptors (Lipinski definition) is 0. The fourth-order valence-corrected chi connectivity index (χ4v) is 3.46. The normalized spacial score (nSPS) is 11.1. The van der Waals surface area contributed by atoms with Crippen molar-refractivity contribution >= 4 is 31.9 Å². The summed E-state index contributed by atoms with van der Waals surface area (Å²) in [5, 5.41) is 2.37. The second-order valence-corrected chi connectivity index (χ2v) is 7.62. The lowest BCUT2D eigenvalue weighted by molar-refractivity contribution is 0.532. The molecule has 0 heterocycles. The van der Waals surface area contributed by atoms with Gasteiger partial charge in [-0.25, -0.2) is 0 Å². The molecule has 0 N–H and O–H groups in total. The molecule has 0 rings (SSSR count). The van der Waals surface area contributed by atoms with Gasteiger partial charge in [-0.05, 0) is 12.8 Å². The maximum absolute atomic E-state index is 3.49. The Morgan fingerprint density at radius 3 is 0.550 bits per heavy atom. The molecule has 0 atom stereocenters. The van der Waals surface area contributed by atoms with Crippen LogP contribution in [0, 0.1) is 0 Å². The number of alkyl halides is 2. The Balaban J connectivity index is 2.89. The Bertz CT molecular complexity index is 141. The van der Waals surface area contributed by atoms with Crippen LogP contribution in [0.2, 0.25) is 0 Å². The van der Waals surface area contributed by atoms with Gasteiger partial charge in [0.1, 0.15) is 0 Å². The van der Waals surface area contributed by atoms with Crippen LogP contribution in [0.4, 0.5) is 0 Å². The van der Waals surface area contributed by atoms with Gasteiger partial charge in [0.05, 0.1) is 0 Å². The Hall–Kier alpha value is 0.960. The summed E-state index contributed by atoms with van der Waals surface area (Å²) in [7, 11) is 0. The minimum absolute atomic E-state index is 1.18. The Morgan fingerprint density at radius 2 is 0.400 bits per heavy atom. The lowest BCUT2D eigenvalue weighted by atomic mass is 10.0. The van der Waals surface area contributed by atoms with Crippen LogP contribution in [0.5, 0.6) is 0 Å². The van der Waals surface area contributed by atoms with Gasteiger partial charge in [0.2, 0.25) is 0 Å². The predicted molar refractivity (Wildman–Crippen MR) is 101 cm³/mol. The highest BCUT2D eigenvalue weighted by Crippen LogP contribution is 2.13. The summed E-state index contributed by atoms with van der Waals surface area (Å²) in [6.45, 7) is 0. The standard InChI is InChI=1S/C18H36Br2/c19-17-15-13-11-9-7-5-3-1-2-4-6-8-10-12-14-16-18-20/h1-18H2. The fraction of sp³-hybridized carbons (Fsp3) is 1.00. The summed E-state index contributed by atoms with van der Waals surface area (Å²) < 4.78 is 0. The van der Waals surface area contributed by atoms with Gasteiger partial charge in [-0.2, -0.15) is 0 Å². The Kier molecular flexibility index (Phi) is 20.9. The van der Waals surface area contributed by atoms with Gasteiger partial charge in [0, 0.05) is 10.7 Å². The summed E-state index contributed by atoms with van der Waals surface area (Å²) in [6, 6.07) is 0. The minimum atomic E-state index is 1.18. The van der Waals surface area contributed by atoms with E-state index in [0.29, 0.717) is 0 Å². The van der Waals surface area contributed by atoms with Crippen LogP contribution >= 0.6 is 31.9 Å². The van der Waals surface area contributed by atoms with E-state index in [0.717, 1.165) is 0 Å². The summed E-state index contributed by atoms with van der Waals surface area (Å²) in [4.78, 5) is 0. The second kappa shape index (κ2) is 20.0. The molecule has 0 amide bonds. The van der Waals surface area contributed by atoms with Crippen molar-refractivity contribution in [3.8, 4) is 0 Å². The highest BCUT2D eigenvalue weighted by Gasteiger charge is 1.94. The van der Waals surface area contributed by atoms with Crippen molar-refractivity contribution in [1.29, 1.82) is 0 Å². The monoisotopic (exact) mass is 410 g/mol. The van der Waals surface area contributed by atoms with Crippen LogP contribution in [0.1, 0.15) is 103 Å². The van der Waals surface area contributed by atoms with Crippen LogP contribution in [0.15, 0.2) is 0 Å². The molecule has 0 radical (unpaired) electrons. The first-order chi connectivity index (χ1) is 9.91. The average Bonchev–Trinajstić information content (AvgIpc) is 2.47. The molecule has 0 unspecified atom stereocenters. The third-order valence-electron chi connectivity index (χ3n) is 4.02. The minimum Gasteiger partial charge on any atom is -0.0928 e. The zero-order valence-electron chi connectivity index (χ0n) is 13.5. The van der Waals surface area contributed by atoms with Crippen LogP contribution in [-0.4, -0.2) is 10.7 Å². The number of unbranched alkanes of at least 4 members (excludes halogenated alkanes) is 15. The van der Waals surface area contributed by atoms with E-state index in [4.69, 9.17) is 0 Å². The maximum Gasteiger partial charge on any atom is 0.00313 e. The molecule has 2 heteroatoms. The highest BCUT2D eigenvalue weighted by atomic mass is 79.9. The summed E-state index contributed by atoms with van der Waals surface area (Å²) in [5.74, 6) is 0. The number of hydrogen-bond donors (Lipinski definition) is 0. The van der Waals surface area contributed by atoms with Gasteiger partial charge < -0.3 is 0 Å². The zero-order valence-corrected chi connectivity index (χ0v) is 16.7. The van der Waals surface area contributed by atoms with Crippen molar-refractivity contribution in [2.45, 2.75) is 103 Å². The van der Waals surface area contributed by atoms with Gasteiger partial charge in [0.25, 0.3) is 0 Å². The molecular formula is C18H36Br2. The van der Waals surface area contributed by atoms with E-state index < -0.39 is 0 Å². The van der Waals surface area contributed by atoms with Crippen molar-refractivity contribution in [3.63, 3.8) is 0 Å². The topological polar surface area (TPSA) is 0 Å². The van der Waals surface area contributed by atoms with Crippen molar-refractivity contribution in [2.75, 3.05) is 10.7 Å². The number of rotatable bonds is 17. The average molecular weight is 412 g/mol. The highest BCUT2D eigenvalue weighted by molar-refractivity contribution is 9.09. The molecule has 0 bridgehead atoms. The first-order valence-electron chi connectivity index (χ1n) is 9.03. The molecule has 0 aliphatic carbocycles. The molecule has 0 saturated carbocycles. The molecule has 0 fully saturated rings. The lowest BCUT2D eigenvalue weighted by Gasteiger charge is -2.03. The maximum atomic E-state index is 3.49. The molecule has 0 aromatic carbocycles. The Morgan fingerprint density at radius 1 is 0.250 bits per heavy atom. The molecule has 122 valence electrons. The molecule has 0 spiro atoms. The predicted octanol–water partition coefficient (Wildman–Crippen LogP) is 8.02. The molecular weight excluding hydrogens is 376 g/mol. The first kappa shape index (κ1) is 21.0. The summed E-state index contributed by atoms with van der Waals surface area (Å²) in [5.41, 5.74) is 0. The molecule has 0 nitrogen and oxygen atoms in total. The van der Waals surface area contributed by atoms with Crippen molar-refractivity contribution in [1.82, 2.24) is 0 Å². The van der Waals surface area contributed by atoms with E-state index in [1.807, 2.05) is 0 Å². The first-order valence-corrected chi connectivity index (χ1v) is 11.3. The van der Waals surface area contributed by atoms with Gasteiger partial charge in [0.15, 0.2) is 0 Å². The third kappa shape index (κ3) is 19.0. The van der Waals surface area contributed by atoms with Crippen LogP contribution < -0.4 is 0 Å². The van der Waals surface area contributed by atoms with E-state index in [1.54, 1.807) is 0 Å². The smallest absolute Gasteiger partial charge is 0.00313 e. The third-order valence-corrected chi connectivity index (χ3v) is 5.14. The molecule has 0 aromatic rings. The van der Waals surface area contributed by atoms with Crippen molar-refractivity contribution in [2.24, 2.45) is 0 Å².